The molecule has 14 heteroatoms. The van der Waals surface area contributed by atoms with Gasteiger partial charge in [-0.1, -0.05) is 82.6 Å². The molecule has 1 aliphatic heterocycles. The maximum Gasteiger partial charge on any atom is 0.406 e. The van der Waals surface area contributed by atoms with E-state index in [2.05, 4.69) is 21.0 Å². The first-order valence-electron chi connectivity index (χ1n) is 20.2. The van der Waals surface area contributed by atoms with Crippen molar-refractivity contribution in [3.63, 3.8) is 0 Å². The van der Waals surface area contributed by atoms with Gasteiger partial charge < -0.3 is 35.0 Å². The van der Waals surface area contributed by atoms with E-state index in [4.69, 9.17) is 9.47 Å². The number of rotatable bonds is 21. The number of nitrogens with zero attached hydrogens (tertiary/aromatic N) is 4. The van der Waals surface area contributed by atoms with Crippen molar-refractivity contribution in [1.82, 2.24) is 35.9 Å². The molecule has 2 aromatic carbocycles. The minimum atomic E-state index is -1.15. The zero-order chi connectivity index (χ0) is 42.4. The van der Waals surface area contributed by atoms with E-state index in [1.165, 1.54) is 7.11 Å². The fraction of sp³-hybridized carbons (Fsp3) is 0.523. The molecule has 0 aliphatic carbocycles. The van der Waals surface area contributed by atoms with Crippen molar-refractivity contribution in [3.05, 3.63) is 95.3 Å². The number of pyridine rings is 1. The number of carbonyl (C=O) groups excluding carboxylic acids is 4. The van der Waals surface area contributed by atoms with E-state index in [-0.39, 0.29) is 55.9 Å². The van der Waals surface area contributed by atoms with Gasteiger partial charge in [-0.15, -0.1) is 0 Å². The van der Waals surface area contributed by atoms with Gasteiger partial charge in [0.05, 0.1) is 37.6 Å². The monoisotopic (exact) mass is 801 g/mol. The number of carbonyl (C=O) groups is 4. The summed E-state index contributed by atoms with van der Waals surface area (Å²) in [7, 11) is 1.28. The third-order valence-electron chi connectivity index (χ3n) is 10.2. The Hall–Kier alpha value is -5.21. The summed E-state index contributed by atoms with van der Waals surface area (Å²) < 4.78 is 10.5. The topological polar surface area (TPSA) is 166 Å². The second-order valence-electron chi connectivity index (χ2n) is 16.3. The number of benzene rings is 2. The maximum absolute atomic E-state index is 14.5. The lowest BCUT2D eigenvalue weighted by atomic mass is 9.89. The molecular formula is C44H63N7O7. The van der Waals surface area contributed by atoms with Gasteiger partial charge in [0.1, 0.15) is 11.8 Å². The van der Waals surface area contributed by atoms with E-state index in [1.54, 1.807) is 14.8 Å². The average molecular weight is 802 g/mol. The van der Waals surface area contributed by atoms with Crippen LogP contribution < -0.4 is 20.8 Å². The fourth-order valence-corrected chi connectivity index (χ4v) is 7.00. The highest BCUT2D eigenvalue weighted by atomic mass is 16.5. The lowest BCUT2D eigenvalue weighted by Gasteiger charge is -2.35. The summed E-state index contributed by atoms with van der Waals surface area (Å²) in [6.45, 7) is 15.1. The molecule has 0 saturated carbocycles. The molecule has 14 nitrogen and oxygen atoms in total. The largest absolute Gasteiger partial charge is 0.491 e. The number of aryl methyl sites for hydroxylation is 1. The predicted molar refractivity (Wildman–Crippen MR) is 222 cm³/mol. The first-order valence-corrected chi connectivity index (χ1v) is 20.2. The van der Waals surface area contributed by atoms with Gasteiger partial charge in [-0.3, -0.25) is 20.0 Å². The van der Waals surface area contributed by atoms with Crippen molar-refractivity contribution in [3.8, 4) is 5.75 Å². The van der Waals surface area contributed by atoms with E-state index in [0.29, 0.717) is 38.2 Å². The number of hydrogen-bond donors (Lipinski definition) is 4. The lowest BCUT2D eigenvalue weighted by molar-refractivity contribution is -0.131. The number of hydrogen-bond acceptors (Lipinski definition) is 9. The zero-order valence-corrected chi connectivity index (χ0v) is 35.4. The number of alkyl carbamates (subject to hydrolysis) is 1. The SMILES string of the molecule is CCC(C)C(C(=O)NC(Cc1ccccc1)C(O)CN(Cc1ccc(OC(C)C)cc1)NC(=O)CC(C)(C)CNC(=O)OC)N1CCN(Cc2cccc(C)n2)C1=O. The second-order valence-corrected chi connectivity index (χ2v) is 16.3. The molecule has 0 spiro atoms. The standard InChI is InChI=1S/C44H63N7O7/c1-9-31(4)40(51-23-22-49(43(51)56)27-35-17-13-14-32(5)46-35)41(54)47-37(24-33-15-11-10-12-16-33)38(52)28-50(26-34-18-20-36(21-19-34)58-30(2)3)48-39(53)25-44(6,7)29-45-42(55)57-8/h10-21,30-31,37-38,40,52H,9,22-29H2,1-8H3,(H,45,55)(H,47,54)(H,48,53). The molecule has 1 fully saturated rings. The average Bonchev–Trinajstić information content (AvgIpc) is 3.52. The smallest absolute Gasteiger partial charge is 0.406 e. The Kier molecular flexibility index (Phi) is 16.9. The Morgan fingerprint density at radius 3 is 2.31 bits per heavy atom. The van der Waals surface area contributed by atoms with Gasteiger partial charge in [0.15, 0.2) is 0 Å². The molecule has 5 amide bonds. The van der Waals surface area contributed by atoms with E-state index in [0.717, 1.165) is 22.5 Å². The molecular weight excluding hydrogens is 739 g/mol. The highest BCUT2D eigenvalue weighted by molar-refractivity contribution is 5.88. The van der Waals surface area contributed by atoms with Crippen molar-refractivity contribution >= 4 is 23.9 Å². The van der Waals surface area contributed by atoms with Crippen LogP contribution in [0, 0.1) is 18.3 Å². The van der Waals surface area contributed by atoms with Crippen molar-refractivity contribution in [2.45, 2.75) is 105 Å². The molecule has 4 atom stereocenters. The summed E-state index contributed by atoms with van der Waals surface area (Å²) in [5, 5.41) is 19.5. The number of amides is 5. The van der Waals surface area contributed by atoms with E-state index in [1.807, 2.05) is 121 Å². The van der Waals surface area contributed by atoms with Crippen LogP contribution in [-0.4, -0.2) is 106 Å². The van der Waals surface area contributed by atoms with Crippen LogP contribution in [0.15, 0.2) is 72.8 Å². The highest BCUT2D eigenvalue weighted by Gasteiger charge is 2.41. The molecule has 316 valence electrons. The summed E-state index contributed by atoms with van der Waals surface area (Å²) >= 11 is 0. The number of aromatic nitrogens is 1. The number of aliphatic hydroxyl groups excluding tert-OH is 1. The maximum atomic E-state index is 14.5. The van der Waals surface area contributed by atoms with Crippen LogP contribution in [0.5, 0.6) is 5.75 Å². The van der Waals surface area contributed by atoms with Crippen LogP contribution in [0.4, 0.5) is 9.59 Å². The van der Waals surface area contributed by atoms with Crippen LogP contribution in [-0.2, 0) is 33.8 Å². The minimum absolute atomic E-state index is 0.00363. The number of aliphatic hydroxyl groups is 1. The van der Waals surface area contributed by atoms with Gasteiger partial charge >= 0.3 is 12.1 Å². The molecule has 1 saturated heterocycles. The van der Waals surface area contributed by atoms with Gasteiger partial charge in [0, 0.05) is 44.8 Å². The predicted octanol–water partition coefficient (Wildman–Crippen LogP) is 5.22. The van der Waals surface area contributed by atoms with Gasteiger partial charge in [-0.2, -0.15) is 0 Å². The van der Waals surface area contributed by atoms with Crippen molar-refractivity contribution < 1.29 is 33.8 Å². The van der Waals surface area contributed by atoms with Crippen LogP contribution in [0.3, 0.4) is 0 Å². The summed E-state index contributed by atoms with van der Waals surface area (Å²) in [6, 6.07) is 21.0. The molecule has 2 heterocycles. The Morgan fingerprint density at radius 2 is 1.67 bits per heavy atom. The summed E-state index contributed by atoms with van der Waals surface area (Å²) in [5.74, 6) is -0.135. The van der Waals surface area contributed by atoms with E-state index >= 15 is 0 Å². The van der Waals surface area contributed by atoms with Crippen molar-refractivity contribution in [2.75, 3.05) is 33.3 Å². The van der Waals surface area contributed by atoms with Crippen molar-refractivity contribution in [2.24, 2.45) is 11.3 Å². The molecule has 3 aromatic rings. The Morgan fingerprint density at radius 1 is 0.966 bits per heavy atom. The van der Waals surface area contributed by atoms with Gasteiger partial charge in [0.25, 0.3) is 0 Å². The molecule has 0 radical (unpaired) electrons. The molecule has 1 aromatic heterocycles. The third-order valence-corrected chi connectivity index (χ3v) is 10.2. The summed E-state index contributed by atoms with van der Waals surface area (Å²) in [6.07, 6.45) is -0.723. The number of ether oxygens (including phenoxy) is 2. The lowest BCUT2D eigenvalue weighted by Crippen LogP contribution is -2.58. The fourth-order valence-electron chi connectivity index (χ4n) is 7.00. The number of hydrazine groups is 1. The highest BCUT2D eigenvalue weighted by Crippen LogP contribution is 2.24. The molecule has 4 rings (SSSR count). The summed E-state index contributed by atoms with van der Waals surface area (Å²) in [4.78, 5) is 61.6. The molecule has 4 N–H and O–H groups in total. The van der Waals surface area contributed by atoms with E-state index in [9.17, 15) is 24.3 Å². The number of urea groups is 1. The van der Waals surface area contributed by atoms with Gasteiger partial charge in [-0.05, 0) is 73.9 Å². The first-order chi connectivity index (χ1) is 27.6. The Labute approximate surface area is 343 Å². The number of nitrogens with one attached hydrogen (secondary N) is 3. The van der Waals surface area contributed by atoms with Crippen LogP contribution >= 0.6 is 0 Å². The van der Waals surface area contributed by atoms with Crippen molar-refractivity contribution in [1.29, 1.82) is 0 Å². The Bertz CT molecular complexity index is 1790. The quantitative estimate of drug-likeness (QED) is 0.106. The third kappa shape index (κ3) is 14.0. The first kappa shape index (κ1) is 45.5. The van der Waals surface area contributed by atoms with Crippen LogP contribution in [0.25, 0.3) is 0 Å². The molecule has 58 heavy (non-hydrogen) atoms. The van der Waals surface area contributed by atoms with E-state index < -0.39 is 29.7 Å². The summed E-state index contributed by atoms with van der Waals surface area (Å²) in [5.41, 5.74) is 5.77. The second kappa shape index (κ2) is 21.5. The molecule has 4 unspecified atom stereocenters. The minimum Gasteiger partial charge on any atom is -0.491 e. The van der Waals surface area contributed by atoms with Crippen LogP contribution in [0.1, 0.15) is 76.9 Å². The Balaban J connectivity index is 1.57. The van der Waals surface area contributed by atoms with Gasteiger partial charge in [-0.25, -0.2) is 14.6 Å². The molecule has 0 bridgehead atoms. The normalized spacial score (nSPS) is 15.2. The zero-order valence-electron chi connectivity index (χ0n) is 35.4. The number of methoxy groups -OCH3 is 1. The molecule has 1 aliphatic rings. The van der Waals surface area contributed by atoms with Gasteiger partial charge in [0.2, 0.25) is 11.8 Å². The van der Waals surface area contributed by atoms with Crippen LogP contribution in [0.2, 0.25) is 0 Å².